The van der Waals surface area contributed by atoms with E-state index in [9.17, 15) is 13.2 Å². The molecule has 0 amide bonds. The fourth-order valence-corrected chi connectivity index (χ4v) is 5.07. The van der Waals surface area contributed by atoms with Gasteiger partial charge in [-0.25, -0.2) is 0 Å². The molecule has 2 aromatic heterocycles. The molecule has 0 bridgehead atoms. The molecule has 6 rings (SSSR count). The summed E-state index contributed by atoms with van der Waals surface area (Å²) in [5.74, 6) is 0. The number of hydrogen-bond donors (Lipinski definition) is 0. The number of fused-ring (bicyclic) bond motifs is 5. The Hall–Kier alpha value is -3.73. The van der Waals surface area contributed by atoms with E-state index in [0.29, 0.717) is 6.54 Å². The van der Waals surface area contributed by atoms with Gasteiger partial charge in [-0.3, -0.25) is 0 Å². The Morgan fingerprint density at radius 2 is 1.42 bits per heavy atom. The number of aromatic nitrogens is 2. The lowest BCUT2D eigenvalue weighted by Crippen LogP contribution is -2.14. The highest BCUT2D eigenvalue weighted by atomic mass is 19.4. The summed E-state index contributed by atoms with van der Waals surface area (Å²) in [6.07, 6.45) is -3.41. The zero-order valence-electron chi connectivity index (χ0n) is 17.8. The van der Waals surface area contributed by atoms with Gasteiger partial charge in [0.05, 0.1) is 17.0 Å². The fraction of sp³-hybridized carbons (Fsp3) is 0.143. The molecule has 3 heterocycles. The molecule has 0 N–H and O–H groups in total. The Morgan fingerprint density at radius 3 is 2.18 bits per heavy atom. The molecule has 0 saturated carbocycles. The SMILES string of the molecule is FC(F)(F)c1ccc(Cn2c3c(c4ccccc42)CCn2c(-c4ccccc4)ccc2-3)cc1. The van der Waals surface area contributed by atoms with Crippen molar-refractivity contribution >= 4 is 10.9 Å². The number of benzene rings is 3. The van der Waals surface area contributed by atoms with Crippen molar-refractivity contribution in [3.8, 4) is 22.6 Å². The summed E-state index contributed by atoms with van der Waals surface area (Å²) in [7, 11) is 0. The Balaban J connectivity index is 1.50. The van der Waals surface area contributed by atoms with Crippen LogP contribution in [0.3, 0.4) is 0 Å². The van der Waals surface area contributed by atoms with Crippen LogP contribution in [0.4, 0.5) is 13.2 Å². The third-order valence-corrected chi connectivity index (χ3v) is 6.58. The van der Waals surface area contributed by atoms with Crippen molar-refractivity contribution < 1.29 is 13.2 Å². The first kappa shape index (κ1) is 19.9. The van der Waals surface area contributed by atoms with E-state index in [0.717, 1.165) is 35.4 Å². The highest BCUT2D eigenvalue weighted by Crippen LogP contribution is 2.41. The van der Waals surface area contributed by atoms with Crippen molar-refractivity contribution in [1.29, 1.82) is 0 Å². The molecule has 1 aliphatic rings. The Labute approximate surface area is 189 Å². The van der Waals surface area contributed by atoms with Crippen LogP contribution in [0.2, 0.25) is 0 Å². The van der Waals surface area contributed by atoms with E-state index in [2.05, 4.69) is 45.5 Å². The number of nitrogens with zero attached hydrogens (tertiary/aromatic N) is 2. The molecule has 5 heteroatoms. The molecule has 33 heavy (non-hydrogen) atoms. The summed E-state index contributed by atoms with van der Waals surface area (Å²) in [6, 6.07) is 28.5. The van der Waals surface area contributed by atoms with Crippen molar-refractivity contribution in [3.05, 3.63) is 108 Å². The Morgan fingerprint density at radius 1 is 0.727 bits per heavy atom. The summed E-state index contributed by atoms with van der Waals surface area (Å²) < 4.78 is 43.7. The van der Waals surface area contributed by atoms with E-state index in [1.165, 1.54) is 34.3 Å². The van der Waals surface area contributed by atoms with Gasteiger partial charge in [-0.2, -0.15) is 13.2 Å². The summed E-state index contributed by atoms with van der Waals surface area (Å²) in [6.45, 7) is 1.41. The minimum absolute atomic E-state index is 0.514. The average molecular weight is 442 g/mol. The number of rotatable bonds is 3. The third-order valence-electron chi connectivity index (χ3n) is 6.58. The van der Waals surface area contributed by atoms with Gasteiger partial charge in [-0.1, -0.05) is 60.7 Å². The normalized spacial score (nSPS) is 13.2. The van der Waals surface area contributed by atoms with Gasteiger partial charge in [0.2, 0.25) is 0 Å². The Kier molecular flexibility index (Phi) is 4.47. The minimum Gasteiger partial charge on any atom is -0.339 e. The van der Waals surface area contributed by atoms with E-state index in [-0.39, 0.29) is 0 Å². The van der Waals surface area contributed by atoms with Crippen molar-refractivity contribution in [2.45, 2.75) is 25.7 Å². The first-order valence-corrected chi connectivity index (χ1v) is 11.0. The summed E-state index contributed by atoms with van der Waals surface area (Å²) in [4.78, 5) is 0. The van der Waals surface area contributed by atoms with Gasteiger partial charge < -0.3 is 9.13 Å². The largest absolute Gasteiger partial charge is 0.416 e. The van der Waals surface area contributed by atoms with Crippen molar-refractivity contribution in [2.24, 2.45) is 0 Å². The van der Waals surface area contributed by atoms with Gasteiger partial charge >= 0.3 is 6.18 Å². The number of aryl methyl sites for hydroxylation is 1. The maximum Gasteiger partial charge on any atom is 0.416 e. The van der Waals surface area contributed by atoms with Crippen LogP contribution in [0.25, 0.3) is 33.5 Å². The standard InChI is InChI=1S/C28H21F3N2/c29-28(30,31)21-12-10-19(11-13-21)18-33-25-9-5-4-8-22(25)23-16-17-32-24(14-15-26(32)27(23)33)20-6-2-1-3-7-20/h1-15H,16-18H2. The second-order valence-corrected chi connectivity index (χ2v) is 8.50. The zero-order valence-corrected chi connectivity index (χ0v) is 17.8. The maximum absolute atomic E-state index is 13.0. The van der Waals surface area contributed by atoms with Crippen LogP contribution in [0.1, 0.15) is 16.7 Å². The Bertz CT molecular complexity index is 1460. The predicted molar refractivity (Wildman–Crippen MR) is 125 cm³/mol. The topological polar surface area (TPSA) is 9.86 Å². The molecule has 0 aliphatic carbocycles. The van der Waals surface area contributed by atoms with Crippen LogP contribution < -0.4 is 0 Å². The number of alkyl halides is 3. The van der Waals surface area contributed by atoms with Gasteiger partial charge in [0.15, 0.2) is 0 Å². The van der Waals surface area contributed by atoms with E-state index in [4.69, 9.17) is 0 Å². The highest BCUT2D eigenvalue weighted by Gasteiger charge is 2.30. The van der Waals surface area contributed by atoms with Crippen molar-refractivity contribution in [3.63, 3.8) is 0 Å². The second-order valence-electron chi connectivity index (χ2n) is 8.50. The lowest BCUT2D eigenvalue weighted by atomic mass is 10.0. The first-order valence-electron chi connectivity index (χ1n) is 11.0. The average Bonchev–Trinajstić information content (AvgIpc) is 3.39. The molecule has 0 spiro atoms. The summed E-state index contributed by atoms with van der Waals surface area (Å²) in [5.41, 5.74) is 7.31. The van der Waals surface area contributed by atoms with Gasteiger partial charge in [-0.15, -0.1) is 0 Å². The molecule has 0 saturated heterocycles. The van der Waals surface area contributed by atoms with E-state index < -0.39 is 11.7 Å². The monoisotopic (exact) mass is 442 g/mol. The number of halogens is 3. The molecule has 0 unspecified atom stereocenters. The molecule has 5 aromatic rings. The van der Waals surface area contributed by atoms with E-state index >= 15 is 0 Å². The predicted octanol–water partition coefficient (Wildman–Crippen LogP) is 7.40. The molecular formula is C28H21F3N2. The maximum atomic E-state index is 13.0. The smallest absolute Gasteiger partial charge is 0.339 e. The van der Waals surface area contributed by atoms with Crippen molar-refractivity contribution in [2.75, 3.05) is 0 Å². The lowest BCUT2D eigenvalue weighted by Gasteiger charge is -2.22. The molecule has 164 valence electrons. The van der Waals surface area contributed by atoms with Gasteiger partial charge in [0, 0.05) is 29.7 Å². The van der Waals surface area contributed by atoms with Gasteiger partial charge in [-0.05, 0) is 53.4 Å². The van der Waals surface area contributed by atoms with Crippen LogP contribution in [0.15, 0.2) is 91.0 Å². The third kappa shape index (κ3) is 3.27. The quantitative estimate of drug-likeness (QED) is 0.276. The molecule has 3 aromatic carbocycles. The fourth-order valence-electron chi connectivity index (χ4n) is 5.07. The van der Waals surface area contributed by atoms with E-state index in [1.54, 1.807) is 12.1 Å². The minimum atomic E-state index is -4.33. The van der Waals surface area contributed by atoms with E-state index in [1.807, 2.05) is 30.3 Å². The molecule has 1 aliphatic heterocycles. The molecule has 0 atom stereocenters. The van der Waals surface area contributed by atoms with Crippen molar-refractivity contribution in [1.82, 2.24) is 9.13 Å². The highest BCUT2D eigenvalue weighted by molar-refractivity contribution is 5.92. The molecule has 0 fully saturated rings. The zero-order chi connectivity index (χ0) is 22.6. The lowest BCUT2D eigenvalue weighted by molar-refractivity contribution is -0.137. The molecular weight excluding hydrogens is 421 g/mol. The number of hydrogen-bond acceptors (Lipinski definition) is 0. The van der Waals surface area contributed by atoms with Gasteiger partial charge in [0.1, 0.15) is 0 Å². The van der Waals surface area contributed by atoms with Crippen LogP contribution in [-0.2, 0) is 25.7 Å². The summed E-state index contributed by atoms with van der Waals surface area (Å²) in [5, 5.41) is 1.22. The molecule has 0 radical (unpaired) electrons. The van der Waals surface area contributed by atoms with Gasteiger partial charge in [0.25, 0.3) is 0 Å². The first-order chi connectivity index (χ1) is 16.0. The van der Waals surface area contributed by atoms with Crippen LogP contribution in [0.5, 0.6) is 0 Å². The van der Waals surface area contributed by atoms with Crippen LogP contribution >= 0.6 is 0 Å². The summed E-state index contributed by atoms with van der Waals surface area (Å²) >= 11 is 0. The van der Waals surface area contributed by atoms with Crippen LogP contribution in [0, 0.1) is 0 Å². The number of para-hydroxylation sites is 1. The second kappa shape index (κ2) is 7.41. The van der Waals surface area contributed by atoms with Crippen LogP contribution in [-0.4, -0.2) is 9.13 Å². The molecule has 2 nitrogen and oxygen atoms in total.